The molecule has 2 N–H and O–H groups in total. The van der Waals surface area contributed by atoms with Gasteiger partial charge in [0.2, 0.25) is 0 Å². The van der Waals surface area contributed by atoms with Crippen molar-refractivity contribution in [2.45, 2.75) is 39.3 Å². The van der Waals surface area contributed by atoms with Gasteiger partial charge in [-0.3, -0.25) is 0 Å². The van der Waals surface area contributed by atoms with Gasteiger partial charge in [0.1, 0.15) is 0 Å². The smallest absolute Gasteiger partial charge is 0.0692 e. The van der Waals surface area contributed by atoms with Crippen molar-refractivity contribution in [3.8, 4) is 0 Å². The number of halogens is 1. The van der Waals surface area contributed by atoms with Gasteiger partial charge in [-0.25, -0.2) is 0 Å². The van der Waals surface area contributed by atoms with Gasteiger partial charge >= 0.3 is 0 Å². The van der Waals surface area contributed by atoms with Crippen LogP contribution in [0.5, 0.6) is 0 Å². The molecule has 1 rings (SSSR count). The van der Waals surface area contributed by atoms with Crippen molar-refractivity contribution in [3.63, 3.8) is 0 Å². The number of aliphatic hydroxyl groups is 1. The first-order valence-electron chi connectivity index (χ1n) is 5.79. The van der Waals surface area contributed by atoms with Gasteiger partial charge in [0, 0.05) is 23.3 Å². The van der Waals surface area contributed by atoms with Gasteiger partial charge in [-0.15, -0.1) is 11.3 Å². The molecule has 2 nitrogen and oxygen atoms in total. The molecule has 1 unspecified atom stereocenters. The molecule has 0 aliphatic rings. The Morgan fingerprint density at radius 3 is 2.62 bits per heavy atom. The second-order valence-corrected chi connectivity index (χ2v) is 5.44. The normalized spacial score (nSPS) is 13.3. The summed E-state index contributed by atoms with van der Waals surface area (Å²) in [6.07, 6.45) is 1.82. The molecule has 0 radical (unpaired) electrons. The molecule has 0 aliphatic heterocycles. The first-order valence-corrected chi connectivity index (χ1v) is 7.04. The highest BCUT2D eigenvalue weighted by atomic mass is 35.5. The van der Waals surface area contributed by atoms with Crippen molar-refractivity contribution in [3.05, 3.63) is 21.3 Å². The van der Waals surface area contributed by atoms with Crippen LogP contribution in [-0.2, 0) is 6.54 Å². The van der Waals surface area contributed by atoms with E-state index in [9.17, 15) is 5.11 Å². The molecular weight excluding hydrogens is 242 g/mol. The Hall–Kier alpha value is -0.0900. The third-order valence-electron chi connectivity index (χ3n) is 2.87. The van der Waals surface area contributed by atoms with Crippen LogP contribution in [0.25, 0.3) is 0 Å². The lowest BCUT2D eigenvalue weighted by Gasteiger charge is -2.20. The Labute approximate surface area is 107 Å². The highest BCUT2D eigenvalue weighted by molar-refractivity contribution is 7.10. The van der Waals surface area contributed by atoms with E-state index < -0.39 is 0 Å². The van der Waals surface area contributed by atoms with Crippen LogP contribution in [0.1, 0.15) is 31.6 Å². The van der Waals surface area contributed by atoms with E-state index >= 15 is 0 Å². The van der Waals surface area contributed by atoms with Crippen molar-refractivity contribution < 1.29 is 5.11 Å². The predicted molar refractivity (Wildman–Crippen MR) is 71.1 cm³/mol. The summed E-state index contributed by atoms with van der Waals surface area (Å²) in [5.41, 5.74) is 0. The lowest BCUT2D eigenvalue weighted by molar-refractivity contribution is 0.101. The number of aliphatic hydroxyl groups excluding tert-OH is 1. The van der Waals surface area contributed by atoms with Crippen LogP contribution in [0, 0.1) is 5.92 Å². The minimum absolute atomic E-state index is 0.245. The molecule has 0 saturated carbocycles. The topological polar surface area (TPSA) is 32.3 Å². The minimum atomic E-state index is -0.245. The van der Waals surface area contributed by atoms with E-state index in [0.717, 1.165) is 24.4 Å². The molecule has 4 heteroatoms. The Balaban J connectivity index is 2.24. The summed E-state index contributed by atoms with van der Waals surface area (Å²) in [4.78, 5) is 1.21. The molecule has 0 bridgehead atoms. The summed E-state index contributed by atoms with van der Waals surface area (Å²) in [7, 11) is 0. The van der Waals surface area contributed by atoms with Crippen LogP contribution in [0.2, 0.25) is 5.02 Å². The quantitative estimate of drug-likeness (QED) is 0.790. The van der Waals surface area contributed by atoms with E-state index in [1.54, 1.807) is 11.3 Å². The number of hydrogen-bond donors (Lipinski definition) is 2. The van der Waals surface area contributed by atoms with Gasteiger partial charge in [-0.2, -0.15) is 0 Å². The average Bonchev–Trinajstić information content (AvgIpc) is 2.66. The van der Waals surface area contributed by atoms with Crippen LogP contribution >= 0.6 is 22.9 Å². The summed E-state index contributed by atoms with van der Waals surface area (Å²) < 4.78 is 0. The summed E-state index contributed by atoms with van der Waals surface area (Å²) in [5.74, 6) is 0.402. The van der Waals surface area contributed by atoms with Gasteiger partial charge in [0.15, 0.2) is 0 Å². The molecule has 0 saturated heterocycles. The van der Waals surface area contributed by atoms with Crippen molar-refractivity contribution >= 4 is 22.9 Å². The molecule has 1 heterocycles. The first kappa shape index (κ1) is 14.0. The van der Waals surface area contributed by atoms with Gasteiger partial charge in [0.05, 0.1) is 11.1 Å². The fourth-order valence-electron chi connectivity index (χ4n) is 1.79. The summed E-state index contributed by atoms with van der Waals surface area (Å²) in [5, 5.41) is 15.9. The number of hydrogen-bond acceptors (Lipinski definition) is 3. The summed E-state index contributed by atoms with van der Waals surface area (Å²) in [6.45, 7) is 5.68. The molecule has 0 aromatic carbocycles. The molecule has 16 heavy (non-hydrogen) atoms. The fourth-order valence-corrected chi connectivity index (χ4v) is 2.83. The Morgan fingerprint density at radius 1 is 1.44 bits per heavy atom. The lowest BCUT2D eigenvalue weighted by atomic mass is 9.97. The average molecular weight is 262 g/mol. The maximum Gasteiger partial charge on any atom is 0.0692 e. The summed E-state index contributed by atoms with van der Waals surface area (Å²) >= 11 is 7.48. The monoisotopic (exact) mass is 261 g/mol. The molecule has 0 spiro atoms. The highest BCUT2D eigenvalue weighted by Gasteiger charge is 2.14. The SMILES string of the molecule is CCC(CC)C(O)CNCc1cc(Cl)cs1. The lowest BCUT2D eigenvalue weighted by Crippen LogP contribution is -2.32. The highest BCUT2D eigenvalue weighted by Crippen LogP contribution is 2.19. The van der Waals surface area contributed by atoms with Gasteiger partial charge < -0.3 is 10.4 Å². The van der Waals surface area contributed by atoms with Gasteiger partial charge in [-0.1, -0.05) is 38.3 Å². The standard InChI is InChI=1S/C12H20ClNOS/c1-3-9(4-2)12(15)7-14-6-11-5-10(13)8-16-11/h5,8-9,12,14-15H,3-4,6-7H2,1-2H3. The Bertz CT molecular complexity index is 299. The maximum atomic E-state index is 9.91. The molecule has 0 fully saturated rings. The van der Waals surface area contributed by atoms with Crippen LogP contribution in [0.4, 0.5) is 0 Å². The molecule has 1 aromatic heterocycles. The van der Waals surface area contributed by atoms with Crippen molar-refractivity contribution in [2.75, 3.05) is 6.54 Å². The Kier molecular flexibility index (Phi) is 6.36. The molecule has 1 aromatic rings. The van der Waals surface area contributed by atoms with E-state index in [2.05, 4.69) is 19.2 Å². The maximum absolute atomic E-state index is 9.91. The van der Waals surface area contributed by atoms with E-state index in [0.29, 0.717) is 12.5 Å². The van der Waals surface area contributed by atoms with Crippen molar-refractivity contribution in [1.29, 1.82) is 0 Å². The van der Waals surface area contributed by atoms with E-state index in [-0.39, 0.29) is 6.10 Å². The zero-order chi connectivity index (χ0) is 12.0. The second kappa shape index (κ2) is 7.28. The molecule has 1 atom stereocenters. The minimum Gasteiger partial charge on any atom is -0.392 e. The zero-order valence-electron chi connectivity index (χ0n) is 9.87. The number of rotatable bonds is 7. The summed E-state index contributed by atoms with van der Waals surface area (Å²) in [6, 6.07) is 1.96. The van der Waals surface area contributed by atoms with Crippen LogP contribution in [0.3, 0.4) is 0 Å². The molecule has 0 aliphatic carbocycles. The third-order valence-corrected chi connectivity index (χ3v) is 4.15. The molecule has 92 valence electrons. The van der Waals surface area contributed by atoms with Crippen LogP contribution < -0.4 is 5.32 Å². The number of thiophene rings is 1. The second-order valence-electron chi connectivity index (χ2n) is 4.01. The first-order chi connectivity index (χ1) is 7.67. The third kappa shape index (κ3) is 4.42. The van der Waals surface area contributed by atoms with Crippen LogP contribution in [0.15, 0.2) is 11.4 Å². The van der Waals surface area contributed by atoms with Crippen molar-refractivity contribution in [1.82, 2.24) is 5.32 Å². The largest absolute Gasteiger partial charge is 0.392 e. The molecular formula is C12H20ClNOS. The van der Waals surface area contributed by atoms with E-state index in [1.807, 2.05) is 11.4 Å². The van der Waals surface area contributed by atoms with E-state index in [4.69, 9.17) is 11.6 Å². The fraction of sp³-hybridized carbons (Fsp3) is 0.667. The molecule has 0 amide bonds. The van der Waals surface area contributed by atoms with E-state index in [1.165, 1.54) is 4.88 Å². The van der Waals surface area contributed by atoms with Gasteiger partial charge in [0.25, 0.3) is 0 Å². The zero-order valence-corrected chi connectivity index (χ0v) is 11.4. The Morgan fingerprint density at radius 2 is 2.12 bits per heavy atom. The number of nitrogens with one attached hydrogen (secondary N) is 1. The predicted octanol–water partition coefficient (Wildman–Crippen LogP) is 3.29. The van der Waals surface area contributed by atoms with Crippen molar-refractivity contribution in [2.24, 2.45) is 5.92 Å². The van der Waals surface area contributed by atoms with Crippen LogP contribution in [-0.4, -0.2) is 17.8 Å². The van der Waals surface area contributed by atoms with Gasteiger partial charge in [-0.05, 0) is 12.0 Å².